The number of carboxylic acid groups (broad SMARTS) is 1. The van der Waals surface area contributed by atoms with Crippen molar-refractivity contribution >= 4 is 49.5 Å². The third-order valence-electron chi connectivity index (χ3n) is 1.74. The lowest BCUT2D eigenvalue weighted by Crippen LogP contribution is -1.84. The van der Waals surface area contributed by atoms with Crippen LogP contribution >= 0.6 is 27.3 Å². The van der Waals surface area contributed by atoms with Crippen molar-refractivity contribution < 1.29 is 9.90 Å². The van der Waals surface area contributed by atoms with E-state index in [-0.39, 0.29) is 0 Å². The molecule has 1 heterocycles. The molecule has 0 saturated heterocycles. The summed E-state index contributed by atoms with van der Waals surface area (Å²) in [4.78, 5) is 14.6. The smallest absolute Gasteiger partial charge is 0.328 e. The zero-order valence-electron chi connectivity index (χ0n) is 7.48. The number of carboxylic acids is 1. The molecule has 76 valence electrons. The average molecular weight is 284 g/mol. The standard InChI is InChI=1S/C10H6BrNO2S/c11-6-1-2-7-8(5-6)15-9(12-7)3-4-10(13)14/h1-5H,(H,13,14)/b4-3+. The molecule has 2 aromatic rings. The van der Waals surface area contributed by atoms with Crippen molar-refractivity contribution in [1.82, 2.24) is 4.98 Å². The van der Waals surface area contributed by atoms with Crippen molar-refractivity contribution in [3.05, 3.63) is 33.8 Å². The molecule has 0 bridgehead atoms. The van der Waals surface area contributed by atoms with E-state index in [0.717, 1.165) is 20.8 Å². The summed E-state index contributed by atoms with van der Waals surface area (Å²) in [6.45, 7) is 0. The predicted molar refractivity (Wildman–Crippen MR) is 64.0 cm³/mol. The Morgan fingerprint density at radius 2 is 2.33 bits per heavy atom. The first kappa shape index (κ1) is 10.3. The molecule has 0 fully saturated rings. The van der Waals surface area contributed by atoms with E-state index in [1.54, 1.807) is 0 Å². The summed E-state index contributed by atoms with van der Waals surface area (Å²) in [6.07, 6.45) is 2.59. The average Bonchev–Trinajstić information content (AvgIpc) is 2.56. The number of halogens is 1. The number of aliphatic carboxylic acids is 1. The maximum atomic E-state index is 10.3. The summed E-state index contributed by atoms with van der Waals surface area (Å²) in [5.41, 5.74) is 0.883. The topological polar surface area (TPSA) is 50.2 Å². The Bertz CT molecular complexity index is 547. The summed E-state index contributed by atoms with van der Waals surface area (Å²) < 4.78 is 2.03. The van der Waals surface area contributed by atoms with Crippen LogP contribution < -0.4 is 0 Å². The van der Waals surface area contributed by atoms with E-state index in [1.807, 2.05) is 18.2 Å². The van der Waals surface area contributed by atoms with E-state index < -0.39 is 5.97 Å². The fourth-order valence-electron chi connectivity index (χ4n) is 1.13. The molecule has 0 aliphatic rings. The van der Waals surface area contributed by atoms with Crippen molar-refractivity contribution in [2.24, 2.45) is 0 Å². The van der Waals surface area contributed by atoms with Crippen LogP contribution in [0, 0.1) is 0 Å². The Morgan fingerprint density at radius 1 is 1.53 bits per heavy atom. The summed E-state index contributed by atoms with van der Waals surface area (Å²) in [7, 11) is 0. The van der Waals surface area contributed by atoms with Gasteiger partial charge in [-0.1, -0.05) is 15.9 Å². The van der Waals surface area contributed by atoms with Gasteiger partial charge in [0.2, 0.25) is 0 Å². The Labute approximate surface area is 98.2 Å². The lowest BCUT2D eigenvalue weighted by Gasteiger charge is -1.86. The molecule has 0 amide bonds. The fraction of sp³-hybridized carbons (Fsp3) is 0. The molecule has 0 spiro atoms. The monoisotopic (exact) mass is 283 g/mol. The second-order valence-corrected chi connectivity index (χ2v) is 4.81. The molecule has 0 unspecified atom stereocenters. The van der Waals surface area contributed by atoms with Gasteiger partial charge in [-0.15, -0.1) is 11.3 Å². The van der Waals surface area contributed by atoms with Crippen LogP contribution in [0.2, 0.25) is 0 Å². The van der Waals surface area contributed by atoms with Gasteiger partial charge in [0, 0.05) is 10.5 Å². The molecule has 0 atom stereocenters. The summed E-state index contributed by atoms with van der Waals surface area (Å²) in [5.74, 6) is -0.963. The zero-order valence-corrected chi connectivity index (χ0v) is 9.88. The molecule has 15 heavy (non-hydrogen) atoms. The molecule has 2 rings (SSSR count). The molecule has 0 aliphatic heterocycles. The number of fused-ring (bicyclic) bond motifs is 1. The minimum absolute atomic E-state index is 0.700. The summed E-state index contributed by atoms with van der Waals surface area (Å²) >= 11 is 4.83. The van der Waals surface area contributed by atoms with Gasteiger partial charge >= 0.3 is 5.97 Å². The summed E-state index contributed by atoms with van der Waals surface area (Å²) in [6, 6.07) is 5.77. The molecule has 5 heteroatoms. The lowest BCUT2D eigenvalue weighted by atomic mass is 10.3. The number of nitrogens with zero attached hydrogens (tertiary/aromatic N) is 1. The second-order valence-electron chi connectivity index (χ2n) is 2.84. The molecule has 0 saturated carbocycles. The Kier molecular flexibility index (Phi) is 2.83. The molecular formula is C10H6BrNO2S. The quantitative estimate of drug-likeness (QED) is 0.862. The van der Waals surface area contributed by atoms with Gasteiger partial charge in [0.1, 0.15) is 5.01 Å². The van der Waals surface area contributed by atoms with E-state index in [2.05, 4.69) is 20.9 Å². The minimum Gasteiger partial charge on any atom is -0.478 e. The number of benzene rings is 1. The number of carbonyl (C=O) groups is 1. The first-order valence-electron chi connectivity index (χ1n) is 4.12. The van der Waals surface area contributed by atoms with Crippen LogP contribution in [0.3, 0.4) is 0 Å². The number of hydrogen-bond donors (Lipinski definition) is 1. The van der Waals surface area contributed by atoms with Gasteiger partial charge in [0.15, 0.2) is 0 Å². The van der Waals surface area contributed by atoms with E-state index in [9.17, 15) is 4.79 Å². The Morgan fingerprint density at radius 3 is 3.07 bits per heavy atom. The number of hydrogen-bond acceptors (Lipinski definition) is 3. The molecule has 3 nitrogen and oxygen atoms in total. The van der Waals surface area contributed by atoms with Gasteiger partial charge in [-0.3, -0.25) is 0 Å². The normalized spacial score (nSPS) is 11.3. The van der Waals surface area contributed by atoms with Crippen LogP contribution in [0.1, 0.15) is 5.01 Å². The first-order chi connectivity index (χ1) is 7.15. The van der Waals surface area contributed by atoms with Crippen LogP contribution in [0.25, 0.3) is 16.3 Å². The molecular weight excluding hydrogens is 278 g/mol. The fourth-order valence-corrected chi connectivity index (χ4v) is 2.55. The van der Waals surface area contributed by atoms with E-state index in [0.29, 0.717) is 5.01 Å². The molecule has 0 aliphatic carbocycles. The van der Waals surface area contributed by atoms with E-state index in [1.165, 1.54) is 17.4 Å². The number of aromatic nitrogens is 1. The van der Waals surface area contributed by atoms with Crippen molar-refractivity contribution in [3.63, 3.8) is 0 Å². The van der Waals surface area contributed by atoms with Gasteiger partial charge in [-0.05, 0) is 24.3 Å². The number of thiazole rings is 1. The van der Waals surface area contributed by atoms with Gasteiger partial charge < -0.3 is 5.11 Å². The lowest BCUT2D eigenvalue weighted by molar-refractivity contribution is -0.131. The van der Waals surface area contributed by atoms with Crippen LogP contribution in [0.15, 0.2) is 28.7 Å². The van der Waals surface area contributed by atoms with Crippen molar-refractivity contribution in [2.45, 2.75) is 0 Å². The van der Waals surface area contributed by atoms with E-state index in [4.69, 9.17) is 5.11 Å². The van der Waals surface area contributed by atoms with Gasteiger partial charge in [0.05, 0.1) is 10.2 Å². The Balaban J connectivity index is 2.43. The highest BCUT2D eigenvalue weighted by Gasteiger charge is 2.01. The highest BCUT2D eigenvalue weighted by atomic mass is 79.9. The molecule has 0 radical (unpaired) electrons. The third kappa shape index (κ3) is 2.43. The molecule has 1 N–H and O–H groups in total. The highest BCUT2D eigenvalue weighted by molar-refractivity contribution is 9.10. The van der Waals surface area contributed by atoms with Crippen LogP contribution in [0.5, 0.6) is 0 Å². The Hall–Kier alpha value is -1.20. The number of rotatable bonds is 2. The molecule has 1 aromatic heterocycles. The zero-order chi connectivity index (χ0) is 10.8. The van der Waals surface area contributed by atoms with Crippen LogP contribution in [-0.4, -0.2) is 16.1 Å². The maximum Gasteiger partial charge on any atom is 0.328 e. The van der Waals surface area contributed by atoms with Crippen molar-refractivity contribution in [3.8, 4) is 0 Å². The summed E-state index contributed by atoms with van der Waals surface area (Å²) in [5, 5.41) is 9.18. The van der Waals surface area contributed by atoms with Gasteiger partial charge in [-0.25, -0.2) is 9.78 Å². The minimum atomic E-state index is -0.963. The van der Waals surface area contributed by atoms with Crippen LogP contribution in [-0.2, 0) is 4.79 Å². The maximum absolute atomic E-state index is 10.3. The first-order valence-corrected chi connectivity index (χ1v) is 5.73. The third-order valence-corrected chi connectivity index (χ3v) is 3.21. The van der Waals surface area contributed by atoms with Crippen molar-refractivity contribution in [2.75, 3.05) is 0 Å². The van der Waals surface area contributed by atoms with Crippen LogP contribution in [0.4, 0.5) is 0 Å². The van der Waals surface area contributed by atoms with E-state index >= 15 is 0 Å². The van der Waals surface area contributed by atoms with Crippen molar-refractivity contribution in [1.29, 1.82) is 0 Å². The second kappa shape index (κ2) is 4.12. The highest BCUT2D eigenvalue weighted by Crippen LogP contribution is 2.25. The van der Waals surface area contributed by atoms with Gasteiger partial charge in [0.25, 0.3) is 0 Å². The molecule has 1 aromatic carbocycles. The SMILES string of the molecule is O=C(O)/C=C/c1nc2ccc(Br)cc2s1. The largest absolute Gasteiger partial charge is 0.478 e. The predicted octanol–water partition coefficient (Wildman–Crippen LogP) is 3.16. The van der Waals surface area contributed by atoms with Gasteiger partial charge in [-0.2, -0.15) is 0 Å².